The van der Waals surface area contributed by atoms with Crippen molar-refractivity contribution in [2.24, 2.45) is 4.99 Å². The molecule has 1 aliphatic heterocycles. The Bertz CT molecular complexity index is 435. The Morgan fingerprint density at radius 1 is 1.12 bits per heavy atom. The summed E-state index contributed by atoms with van der Waals surface area (Å²) in [6.45, 7) is 6.73. The summed E-state index contributed by atoms with van der Waals surface area (Å²) >= 11 is 0. The fourth-order valence-electron chi connectivity index (χ4n) is 3.74. The molecule has 2 aliphatic rings. The number of hydrogen-bond donors (Lipinski definition) is 2. The van der Waals surface area contributed by atoms with E-state index in [0.29, 0.717) is 12.1 Å². The van der Waals surface area contributed by atoms with Gasteiger partial charge in [0.05, 0.1) is 0 Å². The molecule has 1 aliphatic carbocycles. The van der Waals surface area contributed by atoms with Crippen molar-refractivity contribution in [2.45, 2.75) is 76.9 Å². The van der Waals surface area contributed by atoms with Crippen molar-refractivity contribution in [3.8, 4) is 0 Å². The molecule has 2 rings (SSSR count). The number of amides is 1. The van der Waals surface area contributed by atoms with E-state index in [9.17, 15) is 4.79 Å². The van der Waals surface area contributed by atoms with E-state index in [4.69, 9.17) is 0 Å². The molecule has 0 aromatic carbocycles. The standard InChI is InChI=1S/C19H37N5O/c1-15(2)21-19(20-14-18(25)23(3)4)22-16-10-12-24(13-11-16)17-8-6-5-7-9-17/h15-17H,5-14H2,1-4H3,(H2,20,21,22). The van der Waals surface area contributed by atoms with E-state index in [0.717, 1.165) is 24.8 Å². The fraction of sp³-hybridized carbons (Fsp3) is 0.895. The molecule has 0 radical (unpaired) electrons. The molecule has 1 saturated heterocycles. The van der Waals surface area contributed by atoms with Crippen LogP contribution in [-0.4, -0.2) is 73.5 Å². The number of carbonyl (C=O) groups excluding carboxylic acids is 1. The van der Waals surface area contributed by atoms with Gasteiger partial charge in [0.2, 0.25) is 5.91 Å². The van der Waals surface area contributed by atoms with Crippen LogP contribution in [0.5, 0.6) is 0 Å². The lowest BCUT2D eigenvalue weighted by molar-refractivity contribution is -0.127. The van der Waals surface area contributed by atoms with E-state index < -0.39 is 0 Å². The average molecular weight is 352 g/mol. The van der Waals surface area contributed by atoms with Crippen LogP contribution in [0.2, 0.25) is 0 Å². The van der Waals surface area contributed by atoms with Crippen molar-refractivity contribution in [2.75, 3.05) is 33.7 Å². The first kappa shape index (κ1) is 20.0. The molecular formula is C19H37N5O. The number of likely N-dealkylation sites (tertiary alicyclic amines) is 1. The van der Waals surface area contributed by atoms with Gasteiger partial charge in [-0.25, -0.2) is 4.99 Å². The molecule has 0 unspecified atom stereocenters. The molecule has 6 heteroatoms. The minimum absolute atomic E-state index is 0.0250. The van der Waals surface area contributed by atoms with Gasteiger partial charge < -0.3 is 20.4 Å². The lowest BCUT2D eigenvalue weighted by atomic mass is 9.92. The molecule has 1 saturated carbocycles. The van der Waals surface area contributed by atoms with Gasteiger partial charge in [0.25, 0.3) is 0 Å². The number of nitrogens with one attached hydrogen (secondary N) is 2. The number of aliphatic imine (C=N–C) groups is 1. The molecule has 0 spiro atoms. The van der Waals surface area contributed by atoms with E-state index in [-0.39, 0.29) is 12.5 Å². The monoisotopic (exact) mass is 351 g/mol. The third-order valence-electron chi connectivity index (χ3n) is 5.26. The summed E-state index contributed by atoms with van der Waals surface area (Å²) in [6.07, 6.45) is 9.28. The third-order valence-corrected chi connectivity index (χ3v) is 5.26. The van der Waals surface area contributed by atoms with Gasteiger partial charge in [-0.1, -0.05) is 19.3 Å². The van der Waals surface area contributed by atoms with Gasteiger partial charge in [0.1, 0.15) is 6.54 Å². The third kappa shape index (κ3) is 6.84. The second-order valence-electron chi connectivity index (χ2n) is 8.00. The number of hydrogen-bond acceptors (Lipinski definition) is 3. The molecule has 0 atom stereocenters. The van der Waals surface area contributed by atoms with Crippen molar-refractivity contribution in [1.29, 1.82) is 0 Å². The minimum Gasteiger partial charge on any atom is -0.354 e. The molecule has 2 fully saturated rings. The smallest absolute Gasteiger partial charge is 0.243 e. The van der Waals surface area contributed by atoms with Gasteiger partial charge in [-0.3, -0.25) is 4.79 Å². The summed E-state index contributed by atoms with van der Waals surface area (Å²) < 4.78 is 0. The van der Waals surface area contributed by atoms with Crippen LogP contribution in [0.15, 0.2) is 4.99 Å². The summed E-state index contributed by atoms with van der Waals surface area (Å²) in [5, 5.41) is 6.90. The summed E-state index contributed by atoms with van der Waals surface area (Å²) in [4.78, 5) is 20.6. The Kier molecular flexibility index (Phi) is 8.00. The van der Waals surface area contributed by atoms with E-state index >= 15 is 0 Å². The highest BCUT2D eigenvalue weighted by atomic mass is 16.2. The van der Waals surface area contributed by atoms with Gasteiger partial charge in [-0.2, -0.15) is 0 Å². The number of guanidine groups is 1. The molecule has 0 aromatic rings. The van der Waals surface area contributed by atoms with Crippen LogP contribution in [0.1, 0.15) is 58.8 Å². The van der Waals surface area contributed by atoms with Crippen LogP contribution in [-0.2, 0) is 4.79 Å². The SMILES string of the molecule is CC(C)NC(=NCC(=O)N(C)C)NC1CCN(C2CCCCC2)CC1. The number of likely N-dealkylation sites (N-methyl/N-ethyl adjacent to an activating group) is 1. The molecule has 25 heavy (non-hydrogen) atoms. The highest BCUT2D eigenvalue weighted by Gasteiger charge is 2.26. The summed E-state index contributed by atoms with van der Waals surface area (Å²) in [5.41, 5.74) is 0. The second kappa shape index (κ2) is 10.00. The van der Waals surface area contributed by atoms with Gasteiger partial charge >= 0.3 is 0 Å². The van der Waals surface area contributed by atoms with Crippen LogP contribution in [0.3, 0.4) is 0 Å². The molecule has 0 aromatic heterocycles. The first-order valence-electron chi connectivity index (χ1n) is 9.97. The minimum atomic E-state index is 0.0250. The fourth-order valence-corrected chi connectivity index (χ4v) is 3.74. The van der Waals surface area contributed by atoms with Gasteiger partial charge in [0, 0.05) is 45.3 Å². The van der Waals surface area contributed by atoms with Crippen LogP contribution < -0.4 is 10.6 Å². The van der Waals surface area contributed by atoms with Crippen LogP contribution >= 0.6 is 0 Å². The molecule has 0 bridgehead atoms. The highest BCUT2D eigenvalue weighted by Crippen LogP contribution is 2.25. The van der Waals surface area contributed by atoms with Gasteiger partial charge in [-0.05, 0) is 39.5 Å². The van der Waals surface area contributed by atoms with E-state index in [1.807, 2.05) is 0 Å². The zero-order valence-electron chi connectivity index (χ0n) is 16.6. The molecule has 1 amide bonds. The maximum absolute atomic E-state index is 11.8. The maximum Gasteiger partial charge on any atom is 0.243 e. The van der Waals surface area contributed by atoms with Crippen LogP contribution in [0.4, 0.5) is 0 Å². The summed E-state index contributed by atoms with van der Waals surface area (Å²) in [5.74, 6) is 0.790. The summed E-state index contributed by atoms with van der Waals surface area (Å²) in [6, 6.07) is 1.55. The first-order valence-corrected chi connectivity index (χ1v) is 9.97. The predicted molar refractivity (Wildman–Crippen MR) is 104 cm³/mol. The highest BCUT2D eigenvalue weighted by molar-refractivity contribution is 5.85. The van der Waals surface area contributed by atoms with Crippen molar-refractivity contribution >= 4 is 11.9 Å². The molecule has 6 nitrogen and oxygen atoms in total. The Morgan fingerprint density at radius 2 is 1.76 bits per heavy atom. The maximum atomic E-state index is 11.8. The Hall–Kier alpha value is -1.30. The normalized spacial score (nSPS) is 21.4. The van der Waals surface area contributed by atoms with Crippen molar-refractivity contribution in [1.82, 2.24) is 20.4 Å². The van der Waals surface area contributed by atoms with E-state index in [2.05, 4.69) is 34.4 Å². The number of rotatable bonds is 5. The zero-order chi connectivity index (χ0) is 18.2. The van der Waals surface area contributed by atoms with Crippen LogP contribution in [0, 0.1) is 0 Å². The van der Waals surface area contributed by atoms with E-state index in [1.165, 1.54) is 45.2 Å². The average Bonchev–Trinajstić information content (AvgIpc) is 2.60. The molecule has 2 N–H and O–H groups in total. The van der Waals surface area contributed by atoms with Gasteiger partial charge in [-0.15, -0.1) is 0 Å². The number of piperidine rings is 1. The quantitative estimate of drug-likeness (QED) is 0.586. The predicted octanol–water partition coefficient (Wildman–Crippen LogP) is 1.82. The van der Waals surface area contributed by atoms with Crippen molar-refractivity contribution in [3.05, 3.63) is 0 Å². The lowest BCUT2D eigenvalue weighted by Crippen LogP contribution is -2.52. The second-order valence-corrected chi connectivity index (χ2v) is 8.00. The number of nitrogens with zero attached hydrogens (tertiary/aromatic N) is 3. The first-order chi connectivity index (χ1) is 12.0. The zero-order valence-corrected chi connectivity index (χ0v) is 16.6. The van der Waals surface area contributed by atoms with Crippen LogP contribution in [0.25, 0.3) is 0 Å². The largest absolute Gasteiger partial charge is 0.354 e. The van der Waals surface area contributed by atoms with Crippen molar-refractivity contribution < 1.29 is 4.79 Å². The topological polar surface area (TPSA) is 60.0 Å². The molecular weight excluding hydrogens is 314 g/mol. The molecule has 144 valence electrons. The lowest BCUT2D eigenvalue weighted by Gasteiger charge is -2.39. The Morgan fingerprint density at radius 3 is 2.32 bits per heavy atom. The number of carbonyl (C=O) groups is 1. The molecule has 1 heterocycles. The van der Waals surface area contributed by atoms with E-state index in [1.54, 1.807) is 19.0 Å². The Balaban J connectivity index is 1.82. The summed E-state index contributed by atoms with van der Waals surface area (Å²) in [7, 11) is 3.53. The Labute approximate surface area is 153 Å². The van der Waals surface area contributed by atoms with Crippen molar-refractivity contribution in [3.63, 3.8) is 0 Å². The van der Waals surface area contributed by atoms with Gasteiger partial charge in [0.15, 0.2) is 5.96 Å².